The van der Waals surface area contributed by atoms with Crippen molar-refractivity contribution in [1.82, 2.24) is 25.1 Å². The molecule has 0 bridgehead atoms. The van der Waals surface area contributed by atoms with E-state index in [2.05, 4.69) is 94.1 Å². The number of fused-ring (bicyclic) bond motifs is 2. The normalized spacial score (nSPS) is 21.3. The lowest BCUT2D eigenvalue weighted by atomic mass is 9.88. The number of benzene rings is 3. The van der Waals surface area contributed by atoms with Gasteiger partial charge in [-0.2, -0.15) is 4.98 Å². The number of para-hydroxylation sites is 1. The molecule has 6 aliphatic rings. The molecule has 1 amide bonds. The Hall–Kier alpha value is -4.56. The third kappa shape index (κ3) is 9.15. The molecule has 3 N–H and O–H groups in total. The molecule has 0 saturated carbocycles. The number of hydrogen-bond donors (Lipinski definition) is 3. The molecule has 4 fully saturated rings. The summed E-state index contributed by atoms with van der Waals surface area (Å²) in [7, 11) is 0. The van der Waals surface area contributed by atoms with E-state index in [1.807, 2.05) is 6.07 Å². The van der Waals surface area contributed by atoms with E-state index < -0.39 is 0 Å². The molecular formula is C50H62ClFN10OS. The third-order valence-electron chi connectivity index (χ3n) is 15.0. The zero-order valence-electron chi connectivity index (χ0n) is 37.2. The van der Waals surface area contributed by atoms with Gasteiger partial charge in [0.05, 0.1) is 17.6 Å². The Morgan fingerprint density at radius 3 is 2.44 bits per heavy atom. The van der Waals surface area contributed by atoms with E-state index >= 15 is 4.39 Å². The summed E-state index contributed by atoms with van der Waals surface area (Å²) in [6.45, 7) is 14.9. The van der Waals surface area contributed by atoms with Crippen molar-refractivity contribution in [3.8, 4) is 0 Å². The maximum atomic E-state index is 15.3. The number of carbonyl (C=O) groups is 1. The summed E-state index contributed by atoms with van der Waals surface area (Å²) in [5, 5.41) is 10.4. The van der Waals surface area contributed by atoms with Crippen LogP contribution in [0.4, 0.5) is 44.6 Å². The topological polar surface area (TPSA) is 95.1 Å². The van der Waals surface area contributed by atoms with Gasteiger partial charge in [0.25, 0.3) is 0 Å². The van der Waals surface area contributed by atoms with Gasteiger partial charge in [0, 0.05) is 106 Å². The molecular weight excluding hydrogens is 843 g/mol. The third-order valence-corrected chi connectivity index (χ3v) is 16.1. The summed E-state index contributed by atoms with van der Waals surface area (Å²) in [4.78, 5) is 31.6. The van der Waals surface area contributed by atoms with Gasteiger partial charge in [0.1, 0.15) is 10.8 Å². The zero-order valence-corrected chi connectivity index (χ0v) is 38.8. The number of aromatic nitrogens is 2. The quantitative estimate of drug-likeness (QED) is 0.119. The summed E-state index contributed by atoms with van der Waals surface area (Å²) in [5.74, 6) is 1.48. The average Bonchev–Trinajstić information content (AvgIpc) is 3.99. The number of anilines is 7. The van der Waals surface area contributed by atoms with Crippen LogP contribution in [0.1, 0.15) is 79.5 Å². The van der Waals surface area contributed by atoms with Gasteiger partial charge in [0.2, 0.25) is 11.9 Å². The standard InChI is InChI=1S/C50H62ClFN10OS/c1-33-38(11-14-47(63)54-33)39-10-9-37(31-43(39)52)59-22-16-34(17-23-59)15-21-58-27-29-60(30-28-58)36-19-24-61(25-20-36)46-13-12-44(40-6-4-7-41(40)46)56-50-53-32-42(51)49(57-50)55-45-8-3-5-35-18-26-62(64-2)48(35)45/h3,5,8-10,12-13,31-32,34,36,38H,1,4,6-7,11,14-30H2,2H3,(H,54,63)(H2,53,55,56,57). The molecule has 0 radical (unpaired) electrons. The minimum Gasteiger partial charge on any atom is -0.371 e. The molecule has 64 heavy (non-hydrogen) atoms. The van der Waals surface area contributed by atoms with Crippen LogP contribution in [0.5, 0.6) is 0 Å². The number of nitrogens with one attached hydrogen (secondary N) is 3. The second-order valence-corrected chi connectivity index (χ2v) is 19.8. The van der Waals surface area contributed by atoms with Crippen LogP contribution >= 0.6 is 23.5 Å². The smallest absolute Gasteiger partial charge is 0.229 e. The van der Waals surface area contributed by atoms with Crippen molar-refractivity contribution in [3.05, 3.63) is 100 Å². The highest BCUT2D eigenvalue weighted by Crippen LogP contribution is 2.42. The van der Waals surface area contributed by atoms with E-state index in [9.17, 15) is 4.79 Å². The van der Waals surface area contributed by atoms with Crippen LogP contribution < -0.4 is 30.1 Å². The first-order chi connectivity index (χ1) is 31.3. The predicted molar refractivity (Wildman–Crippen MR) is 262 cm³/mol. The molecule has 14 heteroatoms. The van der Waals surface area contributed by atoms with E-state index in [0.29, 0.717) is 46.9 Å². The Kier molecular flexibility index (Phi) is 12.9. The SMILES string of the molecule is C=C1NC(=O)CCC1c1ccc(N2CCC(CCN3CCN(C4CCN(c5ccc(Nc6ncc(Cl)c(Nc7cccc8c7N(SC)CC8)n6)c6c5CCC6)CC4)CC3)CC2)cc1F. The Morgan fingerprint density at radius 2 is 1.66 bits per heavy atom. The molecule has 10 rings (SSSR count). The molecule has 6 heterocycles. The van der Waals surface area contributed by atoms with Crippen molar-refractivity contribution < 1.29 is 9.18 Å². The zero-order chi connectivity index (χ0) is 43.7. The maximum Gasteiger partial charge on any atom is 0.229 e. The highest BCUT2D eigenvalue weighted by Gasteiger charge is 2.32. The van der Waals surface area contributed by atoms with Gasteiger partial charge in [-0.15, -0.1) is 0 Å². The average molecular weight is 906 g/mol. The number of carbonyl (C=O) groups excluding carboxylic acids is 1. The van der Waals surface area contributed by atoms with E-state index in [1.165, 1.54) is 53.9 Å². The Balaban J connectivity index is 0.675. The Bertz CT molecular complexity index is 2360. The molecule has 0 spiro atoms. The maximum absolute atomic E-state index is 15.3. The fourth-order valence-corrected chi connectivity index (χ4v) is 12.2. The van der Waals surface area contributed by atoms with Crippen molar-refractivity contribution in [2.24, 2.45) is 5.92 Å². The molecule has 5 aliphatic heterocycles. The van der Waals surface area contributed by atoms with Gasteiger partial charge in [-0.25, -0.2) is 9.37 Å². The molecule has 11 nitrogen and oxygen atoms in total. The highest BCUT2D eigenvalue weighted by atomic mass is 35.5. The minimum absolute atomic E-state index is 0.0311. The van der Waals surface area contributed by atoms with Gasteiger partial charge >= 0.3 is 0 Å². The van der Waals surface area contributed by atoms with Crippen molar-refractivity contribution in [1.29, 1.82) is 0 Å². The fourth-order valence-electron chi connectivity index (χ4n) is 11.4. The van der Waals surface area contributed by atoms with Crippen LogP contribution in [0, 0.1) is 11.7 Å². The molecule has 1 aromatic heterocycles. The number of allylic oxidation sites excluding steroid dienone is 1. The monoisotopic (exact) mass is 904 g/mol. The Labute approximate surface area is 387 Å². The van der Waals surface area contributed by atoms with Gasteiger partial charge in [-0.1, -0.05) is 48.3 Å². The lowest BCUT2D eigenvalue weighted by Gasteiger charge is -2.44. The second kappa shape index (κ2) is 19.1. The van der Waals surface area contributed by atoms with Gasteiger partial charge in [0.15, 0.2) is 5.82 Å². The Morgan fingerprint density at radius 1 is 0.859 bits per heavy atom. The molecule has 1 aliphatic carbocycles. The summed E-state index contributed by atoms with van der Waals surface area (Å²) >= 11 is 8.40. The van der Waals surface area contributed by atoms with E-state index in [4.69, 9.17) is 16.6 Å². The number of halogens is 2. The van der Waals surface area contributed by atoms with Gasteiger partial charge in [-0.3, -0.25) is 9.69 Å². The summed E-state index contributed by atoms with van der Waals surface area (Å²) in [6.07, 6.45) is 15.1. The molecule has 4 aromatic rings. The molecule has 3 aromatic carbocycles. The van der Waals surface area contributed by atoms with Crippen molar-refractivity contribution in [2.75, 3.05) is 96.4 Å². The number of hydrogen-bond acceptors (Lipinski definition) is 11. The lowest BCUT2D eigenvalue weighted by molar-refractivity contribution is -0.121. The largest absolute Gasteiger partial charge is 0.371 e. The molecule has 338 valence electrons. The first kappa shape index (κ1) is 43.3. The van der Waals surface area contributed by atoms with E-state index in [1.54, 1.807) is 24.2 Å². The first-order valence-corrected chi connectivity index (χ1v) is 25.2. The van der Waals surface area contributed by atoms with E-state index in [0.717, 1.165) is 120 Å². The fraction of sp³-hybridized carbons (Fsp3) is 0.500. The highest BCUT2D eigenvalue weighted by molar-refractivity contribution is 8.00. The number of amides is 1. The van der Waals surface area contributed by atoms with Crippen LogP contribution in [0.3, 0.4) is 0 Å². The molecule has 1 unspecified atom stereocenters. The minimum atomic E-state index is -0.197. The van der Waals surface area contributed by atoms with Crippen molar-refractivity contribution >= 4 is 69.7 Å². The van der Waals surface area contributed by atoms with Crippen LogP contribution in [0.15, 0.2) is 67.0 Å². The molecule has 1 atom stereocenters. The van der Waals surface area contributed by atoms with Crippen LogP contribution in [0.2, 0.25) is 5.02 Å². The summed E-state index contributed by atoms with van der Waals surface area (Å²) in [5.41, 5.74) is 11.1. The van der Waals surface area contributed by atoms with Crippen molar-refractivity contribution in [2.45, 2.75) is 82.6 Å². The number of nitrogens with zero attached hydrogens (tertiary/aromatic N) is 7. The number of rotatable bonds is 12. The molecule has 4 saturated heterocycles. The number of piperidine rings is 3. The van der Waals surface area contributed by atoms with E-state index in [-0.39, 0.29) is 17.6 Å². The first-order valence-electron chi connectivity index (χ1n) is 23.7. The van der Waals surface area contributed by atoms with Crippen LogP contribution in [-0.2, 0) is 24.1 Å². The van der Waals surface area contributed by atoms with Gasteiger partial charge in [-0.05, 0) is 129 Å². The predicted octanol–water partition coefficient (Wildman–Crippen LogP) is 9.29. The van der Waals surface area contributed by atoms with Gasteiger partial charge < -0.3 is 35.0 Å². The number of piperazine rings is 1. The summed E-state index contributed by atoms with van der Waals surface area (Å²) < 4.78 is 17.6. The second-order valence-electron chi connectivity index (χ2n) is 18.6. The van der Waals surface area contributed by atoms with Crippen LogP contribution in [-0.4, -0.2) is 103 Å². The van der Waals surface area contributed by atoms with Crippen molar-refractivity contribution in [3.63, 3.8) is 0 Å². The lowest BCUT2D eigenvalue weighted by Crippen LogP contribution is -2.53. The summed E-state index contributed by atoms with van der Waals surface area (Å²) in [6, 6.07) is 17.2. The van der Waals surface area contributed by atoms with Crippen LogP contribution in [0.25, 0.3) is 0 Å².